The molecule has 232 valence electrons. The Hall–Kier alpha value is -4.40. The van der Waals surface area contributed by atoms with Crippen molar-refractivity contribution in [2.24, 2.45) is 0 Å². The van der Waals surface area contributed by atoms with Crippen molar-refractivity contribution in [2.45, 2.75) is 24.9 Å². The molecule has 0 bridgehead atoms. The lowest BCUT2D eigenvalue weighted by molar-refractivity contribution is -0.128. The number of likely N-dealkylation sites (tertiary alicyclic amines) is 1. The minimum atomic E-state index is -0.753. The smallest absolute Gasteiger partial charge is 0.319 e. The molecule has 1 amide bonds. The highest BCUT2D eigenvalue weighted by molar-refractivity contribution is 6.36. The second-order valence-electron chi connectivity index (χ2n) is 11.3. The summed E-state index contributed by atoms with van der Waals surface area (Å²) in [5.74, 6) is -0.580. The summed E-state index contributed by atoms with van der Waals surface area (Å²) in [5, 5.41) is 2.41. The standard InChI is InChI=1S/C33H32ClF2N7O2/c1-37-17-23-19-42(15-16-43(23)27(44)12-5-13-35)32-25-18-38-30(24-10-3-7-21-8-4-11-26(34)28(21)24)29(36)31(25)39-33(40-32)45-20-22-9-6-14-41(22)2/h3-5,7-8,10-12,18,22-23H,6,9,13-17,19-20H2,2H3/b12-5+/t22-,23-/m0/s1. The van der Waals surface area contributed by atoms with Gasteiger partial charge < -0.3 is 24.3 Å². The number of piperazine rings is 1. The number of anilines is 1. The highest BCUT2D eigenvalue weighted by atomic mass is 35.5. The fourth-order valence-corrected chi connectivity index (χ4v) is 6.49. The number of hydrogen-bond acceptors (Lipinski definition) is 7. The number of benzene rings is 2. The average Bonchev–Trinajstić information content (AvgIpc) is 3.47. The van der Waals surface area contributed by atoms with Gasteiger partial charge >= 0.3 is 6.01 Å². The van der Waals surface area contributed by atoms with Gasteiger partial charge in [0.1, 0.15) is 36.4 Å². The van der Waals surface area contributed by atoms with E-state index < -0.39 is 18.5 Å². The van der Waals surface area contributed by atoms with E-state index in [-0.39, 0.29) is 48.8 Å². The minimum absolute atomic E-state index is 0.0379. The summed E-state index contributed by atoms with van der Waals surface area (Å²) in [6.45, 7) is 8.97. The number of rotatable bonds is 8. The van der Waals surface area contributed by atoms with E-state index in [1.165, 1.54) is 6.08 Å². The summed E-state index contributed by atoms with van der Waals surface area (Å²) in [7, 11) is 2.04. The maximum absolute atomic E-state index is 16.6. The number of carbonyl (C=O) groups excluding carboxylic acids is 1. The Labute approximate surface area is 264 Å². The number of likely N-dealkylation sites (N-methyl/N-ethyl adjacent to an activating group) is 1. The molecule has 0 saturated carbocycles. The molecule has 45 heavy (non-hydrogen) atoms. The first-order valence-corrected chi connectivity index (χ1v) is 15.3. The number of carbonyl (C=O) groups is 1. The van der Waals surface area contributed by atoms with Crippen LogP contribution in [0.5, 0.6) is 6.01 Å². The van der Waals surface area contributed by atoms with Crippen LogP contribution in [0.2, 0.25) is 5.02 Å². The van der Waals surface area contributed by atoms with Crippen LogP contribution in [0.4, 0.5) is 14.6 Å². The van der Waals surface area contributed by atoms with E-state index in [4.69, 9.17) is 27.9 Å². The van der Waals surface area contributed by atoms with Crippen molar-refractivity contribution in [3.05, 3.63) is 77.0 Å². The molecule has 0 N–H and O–H groups in total. The number of hydrogen-bond donors (Lipinski definition) is 0. The zero-order valence-electron chi connectivity index (χ0n) is 24.8. The molecular weight excluding hydrogens is 600 g/mol. The molecule has 4 heterocycles. The van der Waals surface area contributed by atoms with Crippen molar-refractivity contribution in [1.82, 2.24) is 24.8 Å². The maximum atomic E-state index is 16.6. The van der Waals surface area contributed by atoms with Gasteiger partial charge in [0.05, 0.1) is 5.39 Å². The monoisotopic (exact) mass is 631 g/mol. The first-order chi connectivity index (χ1) is 21.9. The molecule has 6 rings (SSSR count). The molecular formula is C33H32ClF2N7O2. The van der Waals surface area contributed by atoms with E-state index in [0.29, 0.717) is 40.3 Å². The van der Waals surface area contributed by atoms with E-state index in [1.807, 2.05) is 36.2 Å². The molecule has 2 atom stereocenters. The fourth-order valence-electron chi connectivity index (χ4n) is 6.21. The van der Waals surface area contributed by atoms with Gasteiger partial charge in [-0.3, -0.25) is 9.78 Å². The van der Waals surface area contributed by atoms with Crippen LogP contribution in [-0.4, -0.2) is 95.8 Å². The van der Waals surface area contributed by atoms with E-state index in [9.17, 15) is 9.18 Å². The summed E-state index contributed by atoms with van der Waals surface area (Å²) < 4.78 is 35.4. The number of ether oxygens (including phenoxy) is 1. The number of pyridine rings is 1. The van der Waals surface area contributed by atoms with Crippen LogP contribution in [0, 0.1) is 12.4 Å². The quantitative estimate of drug-likeness (QED) is 0.186. The Kier molecular flexibility index (Phi) is 9.05. The number of amides is 1. The van der Waals surface area contributed by atoms with Gasteiger partial charge in [-0.05, 0) is 44.0 Å². The van der Waals surface area contributed by atoms with E-state index >= 15 is 4.39 Å². The minimum Gasteiger partial charge on any atom is -0.462 e. The first-order valence-electron chi connectivity index (χ1n) is 14.9. The second kappa shape index (κ2) is 13.3. The predicted molar refractivity (Wildman–Crippen MR) is 171 cm³/mol. The van der Waals surface area contributed by atoms with Crippen LogP contribution in [0.1, 0.15) is 12.8 Å². The summed E-state index contributed by atoms with van der Waals surface area (Å²) in [5.41, 5.74) is 0.696. The second-order valence-corrected chi connectivity index (χ2v) is 11.7. The Morgan fingerprint density at radius 2 is 2.00 bits per heavy atom. The molecule has 2 aromatic carbocycles. The molecule has 2 aliphatic heterocycles. The third kappa shape index (κ3) is 6.13. The highest BCUT2D eigenvalue weighted by Crippen LogP contribution is 2.37. The van der Waals surface area contributed by atoms with Gasteiger partial charge in [0.25, 0.3) is 0 Å². The zero-order valence-corrected chi connectivity index (χ0v) is 25.6. The molecule has 2 fully saturated rings. The SMILES string of the molecule is [C-]#[N+]C[C@H]1CN(c2nc(OC[C@@H]3CCCN3C)nc3c(F)c(-c4cccc5cccc(Cl)c45)ncc23)CCN1C(=O)/C=C/CF. The van der Waals surface area contributed by atoms with Crippen molar-refractivity contribution in [2.75, 3.05) is 58.0 Å². The number of nitrogens with zero attached hydrogens (tertiary/aromatic N) is 7. The predicted octanol–water partition coefficient (Wildman–Crippen LogP) is 5.57. The zero-order chi connectivity index (χ0) is 31.5. The van der Waals surface area contributed by atoms with Gasteiger partial charge in [0.2, 0.25) is 12.5 Å². The molecule has 0 aliphatic carbocycles. The number of allylic oxidation sites excluding steroid dienone is 1. The number of halogens is 3. The molecule has 4 aromatic rings. The molecule has 12 heteroatoms. The van der Waals surface area contributed by atoms with E-state index in [2.05, 4.69) is 19.7 Å². The normalized spacial score (nSPS) is 19.1. The Balaban J connectivity index is 1.43. The molecule has 2 saturated heterocycles. The van der Waals surface area contributed by atoms with Crippen LogP contribution < -0.4 is 9.64 Å². The van der Waals surface area contributed by atoms with Crippen LogP contribution in [0.3, 0.4) is 0 Å². The first kappa shape index (κ1) is 30.6. The lowest BCUT2D eigenvalue weighted by atomic mass is 10.0. The third-order valence-electron chi connectivity index (χ3n) is 8.55. The van der Waals surface area contributed by atoms with Crippen molar-refractivity contribution >= 4 is 45.0 Å². The molecule has 0 radical (unpaired) electrons. The van der Waals surface area contributed by atoms with Crippen molar-refractivity contribution in [3.8, 4) is 17.3 Å². The van der Waals surface area contributed by atoms with Crippen LogP contribution in [0.15, 0.2) is 54.7 Å². The molecule has 9 nitrogen and oxygen atoms in total. The van der Waals surface area contributed by atoms with Crippen molar-refractivity contribution < 1.29 is 18.3 Å². The van der Waals surface area contributed by atoms with Crippen LogP contribution in [0.25, 0.3) is 37.8 Å². The molecule has 2 aromatic heterocycles. The Morgan fingerprint density at radius 1 is 1.18 bits per heavy atom. The van der Waals surface area contributed by atoms with Gasteiger partial charge in [0.15, 0.2) is 5.82 Å². The summed E-state index contributed by atoms with van der Waals surface area (Å²) >= 11 is 6.57. The van der Waals surface area contributed by atoms with E-state index in [1.54, 1.807) is 23.2 Å². The molecule has 0 spiro atoms. The lowest BCUT2D eigenvalue weighted by Crippen LogP contribution is -2.56. The number of fused-ring (bicyclic) bond motifs is 2. The summed E-state index contributed by atoms with van der Waals surface area (Å²) in [6.07, 6.45) is 5.95. The fraction of sp³-hybridized carbons (Fsp3) is 0.364. The number of aromatic nitrogens is 3. The summed E-state index contributed by atoms with van der Waals surface area (Å²) in [4.78, 5) is 35.8. The highest BCUT2D eigenvalue weighted by Gasteiger charge is 2.34. The van der Waals surface area contributed by atoms with Crippen molar-refractivity contribution in [3.63, 3.8) is 0 Å². The summed E-state index contributed by atoms with van der Waals surface area (Å²) in [6, 6.07) is 10.8. The van der Waals surface area contributed by atoms with Gasteiger partial charge in [-0.15, -0.1) is 0 Å². The molecule has 0 unspecified atom stereocenters. The number of alkyl halides is 1. The van der Waals surface area contributed by atoms with E-state index in [0.717, 1.165) is 30.8 Å². The Morgan fingerprint density at radius 3 is 2.76 bits per heavy atom. The molecule has 2 aliphatic rings. The van der Waals surface area contributed by atoms with Crippen LogP contribution >= 0.6 is 11.6 Å². The lowest BCUT2D eigenvalue weighted by Gasteiger charge is -2.39. The van der Waals surface area contributed by atoms with Gasteiger partial charge in [-0.1, -0.05) is 41.9 Å². The van der Waals surface area contributed by atoms with Gasteiger partial charge in [0, 0.05) is 53.9 Å². The van der Waals surface area contributed by atoms with Gasteiger partial charge in [-0.25, -0.2) is 15.4 Å². The van der Waals surface area contributed by atoms with Crippen LogP contribution in [-0.2, 0) is 4.79 Å². The van der Waals surface area contributed by atoms with Crippen molar-refractivity contribution in [1.29, 1.82) is 0 Å². The maximum Gasteiger partial charge on any atom is 0.319 e. The topological polar surface area (TPSA) is 79.1 Å². The third-order valence-corrected chi connectivity index (χ3v) is 8.86. The average molecular weight is 632 g/mol. The Bertz CT molecular complexity index is 1810. The largest absolute Gasteiger partial charge is 0.462 e. The van der Waals surface area contributed by atoms with Gasteiger partial charge in [-0.2, -0.15) is 9.97 Å².